The molecule has 0 bridgehead atoms. The van der Waals surface area contributed by atoms with Gasteiger partial charge in [0.25, 0.3) is 0 Å². The summed E-state index contributed by atoms with van der Waals surface area (Å²) in [6.07, 6.45) is 4.47. The van der Waals surface area contributed by atoms with E-state index in [1.165, 1.54) is 17.0 Å². The van der Waals surface area contributed by atoms with Crippen LogP contribution in [0.2, 0.25) is 0 Å². The molecule has 0 spiro atoms. The molecule has 0 saturated carbocycles. The largest absolute Gasteiger partial charge is 0.457 e. The zero-order valence-electron chi connectivity index (χ0n) is 17.6. The van der Waals surface area contributed by atoms with Gasteiger partial charge in [-0.25, -0.2) is 28.1 Å². The molecule has 0 aliphatic carbocycles. The van der Waals surface area contributed by atoms with Gasteiger partial charge in [-0.1, -0.05) is 18.2 Å². The lowest BCUT2D eigenvalue weighted by molar-refractivity contribution is 0.383. The molecule has 4 aromatic rings. The van der Waals surface area contributed by atoms with Crippen LogP contribution in [0.5, 0.6) is 11.5 Å². The topological polar surface area (TPSA) is 106 Å². The van der Waals surface area contributed by atoms with Crippen LogP contribution in [0.3, 0.4) is 0 Å². The number of para-hydroxylation sites is 1. The summed E-state index contributed by atoms with van der Waals surface area (Å²) in [5.41, 5.74) is 0. The number of aromatic nitrogens is 5. The Morgan fingerprint density at radius 1 is 0.788 bits per heavy atom. The Morgan fingerprint density at radius 3 is 2.18 bits per heavy atom. The third kappa shape index (κ3) is 4.54. The van der Waals surface area contributed by atoms with Gasteiger partial charge in [0, 0.05) is 32.2 Å². The maximum Gasteiger partial charge on any atom is 0.243 e. The Hall–Kier alpha value is -3.83. The van der Waals surface area contributed by atoms with Crippen LogP contribution in [0.15, 0.2) is 84.5 Å². The van der Waals surface area contributed by atoms with E-state index >= 15 is 0 Å². The minimum atomic E-state index is -3.60. The SMILES string of the molecule is O=S(=O)(c1ccc(Oc2ccccc2)cc1)N1CCN(c2cc(-n3cncn3)ncn2)CC1. The van der Waals surface area contributed by atoms with Gasteiger partial charge in [0.1, 0.15) is 36.3 Å². The van der Waals surface area contributed by atoms with Crippen LogP contribution in [-0.2, 0) is 10.0 Å². The van der Waals surface area contributed by atoms with Crippen LogP contribution in [-0.4, -0.2) is 63.6 Å². The number of benzene rings is 2. The Kier molecular flexibility index (Phi) is 5.71. The van der Waals surface area contributed by atoms with Crippen LogP contribution in [0, 0.1) is 0 Å². The highest BCUT2D eigenvalue weighted by Crippen LogP contribution is 2.25. The van der Waals surface area contributed by atoms with Crippen LogP contribution >= 0.6 is 0 Å². The molecule has 0 amide bonds. The molecule has 168 valence electrons. The Labute approximate surface area is 191 Å². The number of hydrogen-bond acceptors (Lipinski definition) is 8. The Bertz CT molecular complexity index is 1310. The molecule has 1 aliphatic heterocycles. The average Bonchev–Trinajstić information content (AvgIpc) is 3.41. The van der Waals surface area contributed by atoms with Crippen molar-refractivity contribution in [3.8, 4) is 17.3 Å². The van der Waals surface area contributed by atoms with E-state index in [9.17, 15) is 8.42 Å². The molecule has 2 aromatic heterocycles. The van der Waals surface area contributed by atoms with Gasteiger partial charge in [0.2, 0.25) is 10.0 Å². The normalized spacial score (nSPS) is 14.8. The molecule has 10 nitrogen and oxygen atoms in total. The summed E-state index contributed by atoms with van der Waals surface area (Å²) in [4.78, 5) is 14.7. The van der Waals surface area contributed by atoms with Crippen LogP contribution < -0.4 is 9.64 Å². The Morgan fingerprint density at radius 2 is 1.48 bits per heavy atom. The summed E-state index contributed by atoms with van der Waals surface area (Å²) >= 11 is 0. The third-order valence-corrected chi connectivity index (χ3v) is 7.21. The molecular weight excluding hydrogens is 442 g/mol. The van der Waals surface area contributed by atoms with Gasteiger partial charge in [0.15, 0.2) is 5.82 Å². The maximum atomic E-state index is 13.1. The van der Waals surface area contributed by atoms with Gasteiger partial charge in [0.05, 0.1) is 4.90 Å². The first kappa shape index (κ1) is 21.0. The van der Waals surface area contributed by atoms with E-state index in [1.54, 1.807) is 35.3 Å². The maximum absolute atomic E-state index is 13.1. The van der Waals surface area contributed by atoms with Crippen molar-refractivity contribution in [2.75, 3.05) is 31.1 Å². The molecule has 0 unspecified atom stereocenters. The highest BCUT2D eigenvalue weighted by molar-refractivity contribution is 7.89. The fourth-order valence-electron chi connectivity index (χ4n) is 3.57. The van der Waals surface area contributed by atoms with E-state index in [0.29, 0.717) is 43.5 Å². The molecule has 1 fully saturated rings. The average molecular weight is 464 g/mol. The van der Waals surface area contributed by atoms with E-state index in [4.69, 9.17) is 4.74 Å². The zero-order chi connectivity index (χ0) is 22.7. The van der Waals surface area contributed by atoms with Crippen molar-refractivity contribution in [3.63, 3.8) is 0 Å². The van der Waals surface area contributed by atoms with Gasteiger partial charge in [-0.3, -0.25) is 0 Å². The predicted molar refractivity (Wildman–Crippen MR) is 121 cm³/mol. The van der Waals surface area contributed by atoms with Crippen molar-refractivity contribution in [3.05, 3.63) is 79.6 Å². The smallest absolute Gasteiger partial charge is 0.243 e. The number of ether oxygens (including phenoxy) is 1. The molecule has 1 saturated heterocycles. The fraction of sp³-hybridized carbons (Fsp3) is 0.182. The second-order valence-corrected chi connectivity index (χ2v) is 9.29. The lowest BCUT2D eigenvalue weighted by Gasteiger charge is -2.34. The van der Waals surface area contributed by atoms with Gasteiger partial charge in [-0.05, 0) is 36.4 Å². The van der Waals surface area contributed by atoms with Gasteiger partial charge in [-0.15, -0.1) is 0 Å². The number of nitrogens with zero attached hydrogens (tertiary/aromatic N) is 7. The van der Waals surface area contributed by atoms with Gasteiger partial charge in [-0.2, -0.15) is 9.40 Å². The van der Waals surface area contributed by atoms with E-state index in [2.05, 4.69) is 20.1 Å². The first-order valence-corrected chi connectivity index (χ1v) is 11.8. The van der Waals surface area contributed by atoms with Crippen molar-refractivity contribution in [1.29, 1.82) is 0 Å². The van der Waals surface area contributed by atoms with E-state index in [-0.39, 0.29) is 4.90 Å². The minimum absolute atomic E-state index is 0.242. The molecule has 3 heterocycles. The zero-order valence-corrected chi connectivity index (χ0v) is 18.4. The summed E-state index contributed by atoms with van der Waals surface area (Å²) in [6, 6.07) is 17.7. The summed E-state index contributed by atoms with van der Waals surface area (Å²) < 4.78 is 35.1. The molecule has 0 atom stereocenters. The fourth-order valence-corrected chi connectivity index (χ4v) is 5.00. The lowest BCUT2D eigenvalue weighted by Crippen LogP contribution is -2.48. The predicted octanol–water partition coefficient (Wildman–Crippen LogP) is 2.36. The second-order valence-electron chi connectivity index (χ2n) is 7.35. The molecular formula is C22H21N7O3S. The van der Waals surface area contributed by atoms with Crippen LogP contribution in [0.4, 0.5) is 5.82 Å². The molecule has 0 radical (unpaired) electrons. The minimum Gasteiger partial charge on any atom is -0.457 e. The summed E-state index contributed by atoms with van der Waals surface area (Å²) in [5.74, 6) is 2.60. The molecule has 0 N–H and O–H groups in total. The number of piperazine rings is 1. The molecule has 5 rings (SSSR count). The number of hydrogen-bond donors (Lipinski definition) is 0. The first-order valence-electron chi connectivity index (χ1n) is 10.3. The summed E-state index contributed by atoms with van der Waals surface area (Å²) in [5, 5.41) is 4.08. The molecule has 2 aromatic carbocycles. The van der Waals surface area contributed by atoms with E-state index in [0.717, 1.165) is 5.82 Å². The first-order chi connectivity index (χ1) is 16.1. The monoisotopic (exact) mass is 463 g/mol. The summed E-state index contributed by atoms with van der Waals surface area (Å²) in [7, 11) is -3.60. The van der Waals surface area contributed by atoms with Gasteiger partial charge >= 0.3 is 0 Å². The second kappa shape index (κ2) is 8.96. The number of anilines is 1. The van der Waals surface area contributed by atoms with Crippen molar-refractivity contribution in [2.24, 2.45) is 0 Å². The van der Waals surface area contributed by atoms with E-state index < -0.39 is 10.0 Å². The molecule has 11 heteroatoms. The number of sulfonamides is 1. The number of rotatable bonds is 6. The van der Waals surface area contributed by atoms with Gasteiger partial charge < -0.3 is 9.64 Å². The van der Waals surface area contributed by atoms with Crippen LogP contribution in [0.1, 0.15) is 0 Å². The van der Waals surface area contributed by atoms with Crippen LogP contribution in [0.25, 0.3) is 5.82 Å². The van der Waals surface area contributed by atoms with Crippen molar-refractivity contribution in [2.45, 2.75) is 4.90 Å². The highest BCUT2D eigenvalue weighted by atomic mass is 32.2. The molecule has 33 heavy (non-hydrogen) atoms. The van der Waals surface area contributed by atoms with Crippen molar-refractivity contribution in [1.82, 2.24) is 29.0 Å². The van der Waals surface area contributed by atoms with E-state index in [1.807, 2.05) is 41.3 Å². The van der Waals surface area contributed by atoms with Crippen molar-refractivity contribution >= 4 is 15.8 Å². The van der Waals surface area contributed by atoms with Crippen molar-refractivity contribution < 1.29 is 13.2 Å². The standard InChI is InChI=1S/C22H21N7O3S/c30-33(31,20-8-6-19(7-9-20)32-18-4-2-1-3-5-18)28-12-10-27(11-13-28)21-14-22(25-16-24-21)29-17-23-15-26-29/h1-9,14-17H,10-13H2. The quantitative estimate of drug-likeness (QED) is 0.429. The Balaban J connectivity index is 1.24. The summed E-state index contributed by atoms with van der Waals surface area (Å²) in [6.45, 7) is 1.74. The third-order valence-electron chi connectivity index (χ3n) is 5.29. The lowest BCUT2D eigenvalue weighted by atomic mass is 10.3. The highest BCUT2D eigenvalue weighted by Gasteiger charge is 2.29. The molecule has 1 aliphatic rings.